The van der Waals surface area contributed by atoms with Crippen LogP contribution in [0.2, 0.25) is 0 Å². The van der Waals surface area contributed by atoms with Crippen LogP contribution in [0.15, 0.2) is 67.0 Å². The lowest BCUT2D eigenvalue weighted by molar-refractivity contribution is 0.324. The average Bonchev–Trinajstić information content (AvgIpc) is 3.21. The minimum Gasteiger partial charge on any atom is -0.493 e. The van der Waals surface area contributed by atoms with Crippen LogP contribution in [-0.4, -0.2) is 30.9 Å². The highest BCUT2D eigenvalue weighted by molar-refractivity contribution is 5.81. The van der Waals surface area contributed by atoms with Crippen molar-refractivity contribution in [2.45, 2.75) is 0 Å². The third-order valence-electron chi connectivity index (χ3n) is 4.79. The Hall–Kier alpha value is -3.73. The molecule has 0 spiro atoms. The second-order valence-corrected chi connectivity index (χ2v) is 6.45. The van der Waals surface area contributed by atoms with E-state index in [1.165, 1.54) is 0 Å². The van der Waals surface area contributed by atoms with E-state index in [1.54, 1.807) is 21.3 Å². The van der Waals surface area contributed by atoms with Crippen LogP contribution in [-0.2, 0) is 0 Å². The summed E-state index contributed by atoms with van der Waals surface area (Å²) in [6, 6.07) is 20.2. The van der Waals surface area contributed by atoms with E-state index in [4.69, 9.17) is 14.2 Å². The van der Waals surface area contributed by atoms with Gasteiger partial charge in [-0.05, 0) is 41.5 Å². The molecule has 1 heterocycles. The standard InChI is InChI=1S/C24H22N2O3/c1-27-22-14-17(15-23(28-2)24(22)29-3)12-13-18-8-4-6-10-20(18)26-16-25-19-9-5-7-11-21(19)26/h4-16H,1-3H3. The van der Waals surface area contributed by atoms with Crippen molar-refractivity contribution in [1.29, 1.82) is 0 Å². The molecule has 4 aromatic rings. The summed E-state index contributed by atoms with van der Waals surface area (Å²) in [5.41, 5.74) is 5.12. The highest BCUT2D eigenvalue weighted by Gasteiger charge is 2.12. The first-order chi connectivity index (χ1) is 14.2. The number of imidazole rings is 1. The predicted molar refractivity (Wildman–Crippen MR) is 116 cm³/mol. The van der Waals surface area contributed by atoms with Crippen LogP contribution in [0.25, 0.3) is 28.9 Å². The van der Waals surface area contributed by atoms with Crippen molar-refractivity contribution in [2.24, 2.45) is 0 Å². The molecule has 0 aliphatic heterocycles. The lowest BCUT2D eigenvalue weighted by Crippen LogP contribution is -1.96. The number of rotatable bonds is 6. The molecule has 3 aromatic carbocycles. The summed E-state index contributed by atoms with van der Waals surface area (Å²) in [6.07, 6.45) is 5.96. The molecule has 0 aliphatic carbocycles. The fourth-order valence-electron chi connectivity index (χ4n) is 3.38. The van der Waals surface area contributed by atoms with Crippen molar-refractivity contribution in [3.05, 3.63) is 78.1 Å². The molecule has 0 bridgehead atoms. The molecule has 0 saturated heterocycles. The second-order valence-electron chi connectivity index (χ2n) is 6.45. The maximum absolute atomic E-state index is 5.45. The number of hydrogen-bond acceptors (Lipinski definition) is 4. The van der Waals surface area contributed by atoms with E-state index < -0.39 is 0 Å². The SMILES string of the molecule is COc1cc(C=Cc2ccccc2-n2cnc3ccccc32)cc(OC)c1OC. The van der Waals surface area contributed by atoms with Gasteiger partial charge in [-0.2, -0.15) is 0 Å². The van der Waals surface area contributed by atoms with Gasteiger partial charge in [0.1, 0.15) is 6.33 Å². The van der Waals surface area contributed by atoms with Crippen molar-refractivity contribution in [1.82, 2.24) is 9.55 Å². The zero-order valence-electron chi connectivity index (χ0n) is 16.6. The Balaban J connectivity index is 1.76. The number of benzene rings is 3. The van der Waals surface area contributed by atoms with Gasteiger partial charge in [0.25, 0.3) is 0 Å². The number of hydrogen-bond donors (Lipinski definition) is 0. The molecule has 0 amide bonds. The number of para-hydroxylation sites is 3. The van der Waals surface area contributed by atoms with Gasteiger partial charge >= 0.3 is 0 Å². The second kappa shape index (κ2) is 8.10. The molecule has 0 N–H and O–H groups in total. The van der Waals surface area contributed by atoms with Crippen LogP contribution < -0.4 is 14.2 Å². The fourth-order valence-corrected chi connectivity index (χ4v) is 3.38. The zero-order chi connectivity index (χ0) is 20.2. The summed E-state index contributed by atoms with van der Waals surface area (Å²) < 4.78 is 18.4. The predicted octanol–water partition coefficient (Wildman–Crippen LogP) is 5.22. The summed E-state index contributed by atoms with van der Waals surface area (Å²) in [7, 11) is 4.83. The van der Waals surface area contributed by atoms with E-state index in [0.29, 0.717) is 17.2 Å². The van der Waals surface area contributed by atoms with Gasteiger partial charge in [-0.3, -0.25) is 4.57 Å². The number of aromatic nitrogens is 2. The molecule has 146 valence electrons. The van der Waals surface area contributed by atoms with Gasteiger partial charge in [0.15, 0.2) is 11.5 Å². The van der Waals surface area contributed by atoms with Gasteiger partial charge in [-0.1, -0.05) is 42.5 Å². The Labute approximate surface area is 169 Å². The first-order valence-corrected chi connectivity index (χ1v) is 9.24. The average molecular weight is 386 g/mol. The van der Waals surface area contributed by atoms with E-state index in [-0.39, 0.29) is 0 Å². The Morgan fingerprint density at radius 1 is 0.793 bits per heavy atom. The minimum atomic E-state index is 0.581. The van der Waals surface area contributed by atoms with Gasteiger partial charge < -0.3 is 14.2 Å². The molecule has 0 radical (unpaired) electrons. The summed E-state index contributed by atoms with van der Waals surface area (Å²) in [5.74, 6) is 1.83. The van der Waals surface area contributed by atoms with Crippen molar-refractivity contribution in [3.63, 3.8) is 0 Å². The highest BCUT2D eigenvalue weighted by atomic mass is 16.5. The number of fused-ring (bicyclic) bond motifs is 1. The number of methoxy groups -OCH3 is 3. The van der Waals surface area contributed by atoms with Crippen molar-refractivity contribution in [3.8, 4) is 22.9 Å². The third kappa shape index (κ3) is 3.55. The van der Waals surface area contributed by atoms with Crippen LogP contribution in [0.3, 0.4) is 0 Å². The largest absolute Gasteiger partial charge is 0.493 e. The Morgan fingerprint density at radius 2 is 1.48 bits per heavy atom. The molecule has 0 aliphatic rings. The molecule has 0 fully saturated rings. The Bertz CT molecular complexity index is 1150. The fraction of sp³-hybridized carbons (Fsp3) is 0.125. The summed E-state index contributed by atoms with van der Waals surface area (Å²) >= 11 is 0. The highest BCUT2D eigenvalue weighted by Crippen LogP contribution is 2.38. The van der Waals surface area contributed by atoms with Gasteiger partial charge in [-0.15, -0.1) is 0 Å². The zero-order valence-corrected chi connectivity index (χ0v) is 16.6. The molecule has 4 rings (SSSR count). The maximum Gasteiger partial charge on any atom is 0.203 e. The van der Waals surface area contributed by atoms with E-state index in [2.05, 4.69) is 33.8 Å². The lowest BCUT2D eigenvalue weighted by Gasteiger charge is -2.13. The Morgan fingerprint density at radius 3 is 2.21 bits per heavy atom. The van der Waals surface area contributed by atoms with Crippen LogP contribution in [0.1, 0.15) is 11.1 Å². The quantitative estimate of drug-likeness (QED) is 0.426. The van der Waals surface area contributed by atoms with Gasteiger partial charge in [0.2, 0.25) is 5.75 Å². The first-order valence-electron chi connectivity index (χ1n) is 9.24. The normalized spacial score (nSPS) is 11.1. The van der Waals surface area contributed by atoms with E-state index in [0.717, 1.165) is 27.8 Å². The van der Waals surface area contributed by atoms with Crippen molar-refractivity contribution < 1.29 is 14.2 Å². The van der Waals surface area contributed by atoms with Gasteiger partial charge in [0.05, 0.1) is 38.1 Å². The first kappa shape index (κ1) is 18.6. The minimum absolute atomic E-state index is 0.581. The van der Waals surface area contributed by atoms with Crippen molar-refractivity contribution in [2.75, 3.05) is 21.3 Å². The summed E-state index contributed by atoms with van der Waals surface area (Å²) in [5, 5.41) is 0. The van der Waals surface area contributed by atoms with Crippen LogP contribution in [0, 0.1) is 0 Å². The molecule has 0 unspecified atom stereocenters. The monoisotopic (exact) mass is 386 g/mol. The number of nitrogens with zero attached hydrogens (tertiary/aromatic N) is 2. The molecular weight excluding hydrogens is 364 g/mol. The van der Waals surface area contributed by atoms with Crippen LogP contribution >= 0.6 is 0 Å². The molecular formula is C24H22N2O3. The number of ether oxygens (including phenoxy) is 3. The maximum atomic E-state index is 5.45. The van der Waals surface area contributed by atoms with E-state index >= 15 is 0 Å². The van der Waals surface area contributed by atoms with Crippen LogP contribution in [0.5, 0.6) is 17.2 Å². The van der Waals surface area contributed by atoms with E-state index in [9.17, 15) is 0 Å². The molecule has 1 aromatic heterocycles. The van der Waals surface area contributed by atoms with Gasteiger partial charge in [-0.25, -0.2) is 4.98 Å². The third-order valence-corrected chi connectivity index (χ3v) is 4.79. The van der Waals surface area contributed by atoms with Crippen LogP contribution in [0.4, 0.5) is 0 Å². The Kier molecular flexibility index (Phi) is 5.20. The lowest BCUT2D eigenvalue weighted by atomic mass is 10.1. The molecule has 5 heteroatoms. The van der Waals surface area contributed by atoms with E-state index in [1.807, 2.05) is 54.9 Å². The molecule has 5 nitrogen and oxygen atoms in total. The molecule has 29 heavy (non-hydrogen) atoms. The smallest absolute Gasteiger partial charge is 0.203 e. The summed E-state index contributed by atoms with van der Waals surface area (Å²) in [6.45, 7) is 0. The molecule has 0 atom stereocenters. The topological polar surface area (TPSA) is 45.5 Å². The van der Waals surface area contributed by atoms with Gasteiger partial charge in [0, 0.05) is 0 Å². The molecule has 0 saturated carbocycles. The van der Waals surface area contributed by atoms with Crippen molar-refractivity contribution >= 4 is 23.2 Å². The summed E-state index contributed by atoms with van der Waals surface area (Å²) in [4.78, 5) is 4.51.